The van der Waals surface area contributed by atoms with Crippen LogP contribution in [0.5, 0.6) is 5.75 Å². The topological polar surface area (TPSA) is 110 Å². The molecule has 2 heterocycles. The summed E-state index contributed by atoms with van der Waals surface area (Å²) in [4.78, 5) is 30.3. The van der Waals surface area contributed by atoms with Crippen LogP contribution in [0.1, 0.15) is 11.3 Å². The Balaban J connectivity index is 1.53. The molecule has 1 aliphatic heterocycles. The van der Waals surface area contributed by atoms with E-state index in [9.17, 15) is 9.59 Å². The molecule has 0 spiro atoms. The highest BCUT2D eigenvalue weighted by molar-refractivity contribution is 7.16. The van der Waals surface area contributed by atoms with Gasteiger partial charge in [0.05, 0.1) is 18.5 Å². The third-order valence-electron chi connectivity index (χ3n) is 4.90. The van der Waals surface area contributed by atoms with Gasteiger partial charge in [-0.2, -0.15) is 5.10 Å². The number of hydrogen-bond acceptors (Lipinski definition) is 7. The van der Waals surface area contributed by atoms with Crippen molar-refractivity contribution in [2.24, 2.45) is 10.8 Å². The van der Waals surface area contributed by atoms with Crippen LogP contribution in [-0.2, 0) is 9.59 Å². The summed E-state index contributed by atoms with van der Waals surface area (Å²) in [5.74, 6) is -0.182. The van der Waals surface area contributed by atoms with Gasteiger partial charge in [-0.25, -0.2) is 4.98 Å². The molecule has 0 bridgehead atoms. The summed E-state index contributed by atoms with van der Waals surface area (Å²) in [7, 11) is 1.62. The molecule has 1 aromatic heterocycles. The van der Waals surface area contributed by atoms with E-state index in [-0.39, 0.29) is 12.1 Å². The van der Waals surface area contributed by atoms with Gasteiger partial charge < -0.3 is 10.5 Å². The van der Waals surface area contributed by atoms with Crippen molar-refractivity contribution in [2.45, 2.75) is 19.4 Å². The van der Waals surface area contributed by atoms with E-state index in [1.54, 1.807) is 7.11 Å². The van der Waals surface area contributed by atoms with E-state index >= 15 is 0 Å². The molecule has 1 unspecified atom stereocenters. The second kappa shape index (κ2) is 8.57. The number of carbonyl (C=O) groups excluding carboxylic acids is 2. The lowest BCUT2D eigenvalue weighted by molar-refractivity contribution is -0.119. The maximum atomic E-state index is 12.8. The number of aryl methyl sites for hydroxylation is 1. The van der Waals surface area contributed by atoms with Gasteiger partial charge in [-0.3, -0.25) is 19.9 Å². The fourth-order valence-corrected chi connectivity index (χ4v) is 4.15. The first-order chi connectivity index (χ1) is 15.0. The molecule has 1 aliphatic rings. The quantitative estimate of drug-likeness (QED) is 0.618. The second-order valence-electron chi connectivity index (χ2n) is 6.96. The second-order valence-corrected chi connectivity index (χ2v) is 8.16. The lowest BCUT2D eigenvalue weighted by Gasteiger charge is -2.20. The zero-order chi connectivity index (χ0) is 22.0. The molecule has 158 valence electrons. The van der Waals surface area contributed by atoms with Gasteiger partial charge in [0, 0.05) is 16.9 Å². The molecule has 2 amide bonds. The third kappa shape index (κ3) is 4.26. The lowest BCUT2D eigenvalue weighted by Crippen LogP contribution is -2.39. The highest BCUT2D eigenvalue weighted by atomic mass is 32.1. The van der Waals surface area contributed by atoms with E-state index in [4.69, 9.17) is 10.5 Å². The first kappa shape index (κ1) is 20.5. The standard InChI is InChI=1S/C22H21N5O3S/c1-13-19(14-8-10-16(30-2)11-9-14)24-22(31-13)25-21(29)17-12-18(20(23)28)27(26-17)15-6-4-3-5-7-15/h3-11,18H,12H2,1-2H3,(H2,23,28)(H,24,25,29). The minimum atomic E-state index is -0.712. The Hall–Kier alpha value is -3.72. The van der Waals surface area contributed by atoms with Crippen LogP contribution in [0.15, 0.2) is 59.7 Å². The molecule has 9 heteroatoms. The zero-order valence-corrected chi connectivity index (χ0v) is 17.8. The number of rotatable bonds is 6. The van der Waals surface area contributed by atoms with Crippen molar-refractivity contribution in [1.29, 1.82) is 0 Å². The van der Waals surface area contributed by atoms with Crippen molar-refractivity contribution in [3.05, 3.63) is 59.5 Å². The molecule has 4 rings (SSSR count). The minimum Gasteiger partial charge on any atom is -0.497 e. The Labute approximate surface area is 183 Å². The van der Waals surface area contributed by atoms with E-state index < -0.39 is 17.9 Å². The fourth-order valence-electron chi connectivity index (χ4n) is 3.32. The van der Waals surface area contributed by atoms with Crippen LogP contribution in [0.2, 0.25) is 0 Å². The number of ether oxygens (including phenoxy) is 1. The predicted molar refractivity (Wildman–Crippen MR) is 121 cm³/mol. The number of aromatic nitrogens is 1. The molecule has 0 aliphatic carbocycles. The summed E-state index contributed by atoms with van der Waals surface area (Å²) in [6.45, 7) is 1.94. The number of nitrogens with two attached hydrogens (primary N) is 1. The van der Waals surface area contributed by atoms with Gasteiger partial charge in [-0.15, -0.1) is 11.3 Å². The molecule has 1 atom stereocenters. The number of carbonyl (C=O) groups is 2. The predicted octanol–water partition coefficient (Wildman–Crippen LogP) is 3.19. The normalized spacial score (nSPS) is 15.5. The number of anilines is 2. The fraction of sp³-hybridized carbons (Fsp3) is 0.182. The SMILES string of the molecule is COc1ccc(-c2nc(NC(=O)C3=NN(c4ccccc4)C(C(N)=O)C3)sc2C)cc1. The summed E-state index contributed by atoms with van der Waals surface area (Å²) in [6, 6.07) is 16.0. The molecular weight excluding hydrogens is 414 g/mol. The van der Waals surface area contributed by atoms with Crippen LogP contribution in [0.3, 0.4) is 0 Å². The van der Waals surface area contributed by atoms with Crippen molar-refractivity contribution < 1.29 is 14.3 Å². The van der Waals surface area contributed by atoms with Crippen molar-refractivity contribution in [3.8, 4) is 17.0 Å². The summed E-state index contributed by atoms with van der Waals surface area (Å²) in [6.07, 6.45) is 0.131. The Morgan fingerprint density at radius 1 is 1.16 bits per heavy atom. The molecule has 2 aromatic carbocycles. The number of methoxy groups -OCH3 is 1. The molecule has 31 heavy (non-hydrogen) atoms. The van der Waals surface area contributed by atoms with Gasteiger partial charge in [0.2, 0.25) is 5.91 Å². The number of benzene rings is 2. The Kier molecular flexibility index (Phi) is 5.68. The molecule has 8 nitrogen and oxygen atoms in total. The van der Waals surface area contributed by atoms with Crippen molar-refractivity contribution in [1.82, 2.24) is 4.98 Å². The zero-order valence-electron chi connectivity index (χ0n) is 17.0. The first-order valence-corrected chi connectivity index (χ1v) is 10.4. The number of primary amides is 1. The van der Waals surface area contributed by atoms with Crippen molar-refractivity contribution in [2.75, 3.05) is 17.4 Å². The largest absolute Gasteiger partial charge is 0.497 e. The number of nitrogens with one attached hydrogen (secondary N) is 1. The Bertz CT molecular complexity index is 1140. The summed E-state index contributed by atoms with van der Waals surface area (Å²) in [5, 5.41) is 9.12. The van der Waals surface area contributed by atoms with Gasteiger partial charge >= 0.3 is 0 Å². The summed E-state index contributed by atoms with van der Waals surface area (Å²) in [5.41, 5.74) is 8.18. The number of nitrogens with zero attached hydrogens (tertiary/aromatic N) is 3. The van der Waals surface area contributed by atoms with Gasteiger partial charge in [-0.1, -0.05) is 18.2 Å². The van der Waals surface area contributed by atoms with Crippen LogP contribution in [0.4, 0.5) is 10.8 Å². The molecule has 0 radical (unpaired) electrons. The number of hydrazone groups is 1. The van der Waals surface area contributed by atoms with Gasteiger partial charge in [0.1, 0.15) is 17.5 Å². The highest BCUT2D eigenvalue weighted by Gasteiger charge is 2.35. The van der Waals surface area contributed by atoms with E-state index in [0.29, 0.717) is 10.8 Å². The third-order valence-corrected chi connectivity index (χ3v) is 5.79. The van der Waals surface area contributed by atoms with E-state index in [1.807, 2.05) is 61.5 Å². The van der Waals surface area contributed by atoms with Crippen molar-refractivity contribution in [3.63, 3.8) is 0 Å². The van der Waals surface area contributed by atoms with Crippen LogP contribution in [0.25, 0.3) is 11.3 Å². The average Bonchev–Trinajstić information content (AvgIpc) is 3.38. The molecule has 0 saturated carbocycles. The summed E-state index contributed by atoms with van der Waals surface area (Å²) >= 11 is 1.38. The molecular formula is C22H21N5O3S. The Morgan fingerprint density at radius 2 is 1.87 bits per heavy atom. The van der Waals surface area contributed by atoms with E-state index in [0.717, 1.165) is 21.9 Å². The van der Waals surface area contributed by atoms with Crippen LogP contribution in [-0.4, -0.2) is 35.7 Å². The Morgan fingerprint density at radius 3 is 2.52 bits per heavy atom. The minimum absolute atomic E-state index is 0.131. The van der Waals surface area contributed by atoms with Crippen LogP contribution < -0.4 is 20.8 Å². The number of hydrogen-bond donors (Lipinski definition) is 2. The first-order valence-electron chi connectivity index (χ1n) is 9.60. The van der Waals surface area contributed by atoms with Gasteiger partial charge in [0.25, 0.3) is 5.91 Å². The monoisotopic (exact) mass is 435 g/mol. The average molecular weight is 436 g/mol. The van der Waals surface area contributed by atoms with Gasteiger partial charge in [-0.05, 0) is 43.3 Å². The molecule has 0 saturated heterocycles. The van der Waals surface area contributed by atoms with Crippen molar-refractivity contribution >= 4 is 39.7 Å². The molecule has 0 fully saturated rings. The maximum Gasteiger partial charge on any atom is 0.273 e. The van der Waals surface area contributed by atoms with Gasteiger partial charge in [0.15, 0.2) is 5.13 Å². The van der Waals surface area contributed by atoms with E-state index in [2.05, 4.69) is 15.4 Å². The number of para-hydroxylation sites is 1. The summed E-state index contributed by atoms with van der Waals surface area (Å²) < 4.78 is 5.19. The smallest absolute Gasteiger partial charge is 0.273 e. The maximum absolute atomic E-state index is 12.8. The van der Waals surface area contributed by atoms with E-state index in [1.165, 1.54) is 16.3 Å². The van der Waals surface area contributed by atoms with Crippen LogP contribution in [0, 0.1) is 6.92 Å². The highest BCUT2D eigenvalue weighted by Crippen LogP contribution is 2.32. The number of amides is 2. The lowest BCUT2D eigenvalue weighted by atomic mass is 10.1. The molecule has 3 N–H and O–H groups in total. The number of thiazole rings is 1. The molecule has 3 aromatic rings. The van der Waals surface area contributed by atoms with Crippen LogP contribution >= 0.6 is 11.3 Å².